The van der Waals surface area contributed by atoms with Gasteiger partial charge in [0, 0.05) is 30.6 Å². The number of methoxy groups -OCH3 is 1. The summed E-state index contributed by atoms with van der Waals surface area (Å²) in [5.74, 6) is 3.14. The topological polar surface area (TPSA) is 101 Å². The molecule has 0 saturated heterocycles. The van der Waals surface area contributed by atoms with E-state index in [1.54, 1.807) is 13.2 Å². The van der Waals surface area contributed by atoms with E-state index in [4.69, 9.17) is 19.9 Å². The summed E-state index contributed by atoms with van der Waals surface area (Å²) in [5, 5.41) is 12.5. The Hall–Kier alpha value is -2.83. The summed E-state index contributed by atoms with van der Waals surface area (Å²) >= 11 is 0. The minimum atomic E-state index is -0.0231. The Bertz CT molecular complexity index is 1080. The predicted molar refractivity (Wildman–Crippen MR) is 190 cm³/mol. The Labute approximate surface area is 295 Å². The minimum Gasteiger partial charge on any atom is -0.675 e. The van der Waals surface area contributed by atoms with Crippen LogP contribution in [0.3, 0.4) is 0 Å². The van der Waals surface area contributed by atoms with Crippen molar-refractivity contribution in [3.63, 3.8) is 0 Å². The quantitative estimate of drug-likeness (QED) is 0.200. The standard InChI is InChI=1S/C17H22N2O3.C8H12N2O.C8H16.2C2H6.W/c1-12(20)5-6-14-11-15(21-4)7-8-16-17(18-13(14)2)22-10-9-19(16)3;1-2-7-3-4-8(10-7)11-6-5-9;1-2-8-6-4-3-5-7-8;2*1-2;/h5-7,11,18,20H,1-2,8-10H2,3-4H3;3-4,9H,2,5-6H2,1H3;8H,2-7H2,1H3;2*1-2H3;/q;-2;;;;+2/b6-5+,14-11-,15-7+;;;;;. The molecule has 1 fully saturated rings. The molecule has 1 saturated carbocycles. The summed E-state index contributed by atoms with van der Waals surface area (Å²) in [4.78, 5) is 6.31. The van der Waals surface area contributed by atoms with Crippen LogP contribution in [0.5, 0.6) is 5.88 Å². The molecule has 0 radical (unpaired) electrons. The summed E-state index contributed by atoms with van der Waals surface area (Å²) in [6.45, 7) is 22.0. The summed E-state index contributed by atoms with van der Waals surface area (Å²) in [6.07, 6.45) is 17.6. The summed E-state index contributed by atoms with van der Waals surface area (Å²) in [7, 11) is 3.66. The molecule has 3 aliphatic rings. The van der Waals surface area contributed by atoms with Crippen LogP contribution >= 0.6 is 0 Å². The predicted octanol–water partition coefficient (Wildman–Crippen LogP) is 9.37. The molecule has 8 nitrogen and oxygen atoms in total. The van der Waals surface area contributed by atoms with Crippen molar-refractivity contribution in [2.24, 2.45) is 5.92 Å². The number of hydrogen-bond donors (Lipinski definition) is 2. The molecule has 1 aliphatic carbocycles. The maximum absolute atomic E-state index is 9.25. The summed E-state index contributed by atoms with van der Waals surface area (Å²) in [5.41, 5.74) is 10.4. The summed E-state index contributed by atoms with van der Waals surface area (Å²) in [6, 6.07) is 3.79. The second-order valence-electron chi connectivity index (χ2n) is 10.2. The van der Waals surface area contributed by atoms with E-state index < -0.39 is 0 Å². The Morgan fingerprint density at radius 3 is 2.37 bits per heavy atom. The van der Waals surface area contributed by atoms with Crippen LogP contribution in [-0.4, -0.2) is 50.5 Å². The molecule has 3 N–H and O–H groups in total. The van der Waals surface area contributed by atoms with Gasteiger partial charge < -0.3 is 40.3 Å². The van der Waals surface area contributed by atoms with E-state index in [0.29, 0.717) is 37.1 Å². The van der Waals surface area contributed by atoms with Gasteiger partial charge in [0.05, 0.1) is 26.0 Å². The van der Waals surface area contributed by atoms with E-state index in [2.05, 4.69) is 42.2 Å². The van der Waals surface area contributed by atoms with E-state index in [0.717, 1.165) is 41.6 Å². The van der Waals surface area contributed by atoms with Crippen LogP contribution in [-0.2, 0) is 37.0 Å². The first-order valence-electron chi connectivity index (χ1n) is 16.8. The number of ether oxygens (including phenoxy) is 3. The largest absolute Gasteiger partial charge is 2.00 e. The van der Waals surface area contributed by atoms with Crippen LogP contribution in [0.15, 0.2) is 84.0 Å². The van der Waals surface area contributed by atoms with E-state index in [1.807, 2.05) is 59.0 Å². The van der Waals surface area contributed by atoms with Gasteiger partial charge in [-0.3, -0.25) is 0 Å². The van der Waals surface area contributed by atoms with Crippen molar-refractivity contribution in [3.05, 3.63) is 95.4 Å². The van der Waals surface area contributed by atoms with Gasteiger partial charge in [0.15, 0.2) is 0 Å². The number of rotatable bonds is 8. The van der Waals surface area contributed by atoms with Crippen LogP contribution in [0, 0.1) is 5.92 Å². The van der Waals surface area contributed by atoms with Crippen molar-refractivity contribution in [1.82, 2.24) is 15.2 Å². The molecule has 4 rings (SSSR count). The average Bonchev–Trinajstić information content (AvgIpc) is 3.56. The van der Waals surface area contributed by atoms with Gasteiger partial charge in [-0.15, -0.1) is 6.54 Å². The Morgan fingerprint density at radius 2 is 1.85 bits per heavy atom. The van der Waals surface area contributed by atoms with Gasteiger partial charge in [-0.2, -0.15) is 5.69 Å². The van der Waals surface area contributed by atoms with Gasteiger partial charge in [-0.25, -0.2) is 0 Å². The molecule has 0 spiro atoms. The van der Waals surface area contributed by atoms with Crippen LogP contribution in [0.4, 0.5) is 0 Å². The van der Waals surface area contributed by atoms with Gasteiger partial charge in [0.2, 0.25) is 5.88 Å². The molecular weight excluding hydrogens is 748 g/mol. The molecule has 1 aromatic rings. The van der Waals surface area contributed by atoms with Gasteiger partial charge in [0.25, 0.3) is 0 Å². The van der Waals surface area contributed by atoms with Gasteiger partial charge in [-0.1, -0.05) is 106 Å². The molecule has 9 heteroatoms. The minimum absolute atomic E-state index is 0. The molecule has 2 aliphatic heterocycles. The molecule has 0 aromatic carbocycles. The number of allylic oxidation sites excluding steroid dienone is 4. The molecule has 0 amide bonds. The van der Waals surface area contributed by atoms with Gasteiger partial charge in [0.1, 0.15) is 18.1 Å². The molecular formula is C37H62N4O4W. The van der Waals surface area contributed by atoms with Crippen LogP contribution in [0.1, 0.15) is 92.2 Å². The number of nitrogens with zero attached hydrogens (tertiary/aromatic N) is 2. The van der Waals surface area contributed by atoms with Crippen LogP contribution < -0.4 is 15.0 Å². The number of aliphatic hydroxyl groups excluding tert-OH is 1. The molecule has 260 valence electrons. The molecule has 1 aromatic heterocycles. The zero-order chi connectivity index (χ0) is 34.0. The first-order valence-corrected chi connectivity index (χ1v) is 16.8. The van der Waals surface area contributed by atoms with E-state index in [9.17, 15) is 5.11 Å². The fraction of sp³-hybridized carbons (Fsp3) is 0.568. The first-order chi connectivity index (χ1) is 21.8. The molecule has 3 heterocycles. The summed E-state index contributed by atoms with van der Waals surface area (Å²) < 4.78 is 16.3. The maximum Gasteiger partial charge on any atom is 2.00 e. The van der Waals surface area contributed by atoms with Gasteiger partial charge in [-0.05, 0) is 36.3 Å². The van der Waals surface area contributed by atoms with Crippen molar-refractivity contribution < 1.29 is 40.4 Å². The normalized spacial score (nSPS) is 18.2. The van der Waals surface area contributed by atoms with Crippen molar-refractivity contribution in [1.29, 1.82) is 0 Å². The number of aryl methyl sites for hydroxylation is 1. The van der Waals surface area contributed by atoms with Crippen LogP contribution in [0.2, 0.25) is 0 Å². The van der Waals surface area contributed by atoms with E-state index >= 15 is 0 Å². The van der Waals surface area contributed by atoms with E-state index in [1.165, 1.54) is 44.6 Å². The molecule has 0 bridgehead atoms. The molecule has 0 atom stereocenters. The number of aromatic nitrogens is 1. The van der Waals surface area contributed by atoms with Gasteiger partial charge >= 0.3 is 21.1 Å². The number of nitrogens with one attached hydrogen (secondary N) is 2. The molecule has 0 unspecified atom stereocenters. The second kappa shape index (κ2) is 28.4. The third-order valence-corrected chi connectivity index (χ3v) is 7.18. The smallest absolute Gasteiger partial charge is 0.675 e. The van der Waals surface area contributed by atoms with Crippen molar-refractivity contribution in [2.75, 3.05) is 40.5 Å². The van der Waals surface area contributed by atoms with Crippen molar-refractivity contribution in [3.8, 4) is 5.88 Å². The Kier molecular flexibility index (Phi) is 28.0. The van der Waals surface area contributed by atoms with Crippen molar-refractivity contribution in [2.45, 2.75) is 92.9 Å². The zero-order valence-electron chi connectivity index (χ0n) is 29.9. The Morgan fingerprint density at radius 1 is 1.17 bits per heavy atom. The Balaban J connectivity index is 0. The number of hydrogen-bond acceptors (Lipinski definition) is 6. The number of aliphatic hydroxyl groups is 1. The van der Waals surface area contributed by atoms with E-state index in [-0.39, 0.29) is 33.4 Å². The zero-order valence-corrected chi connectivity index (χ0v) is 32.8. The third kappa shape index (κ3) is 18.3. The SMILES string of the molecule is C=C(O)/C=C/C1=C/C(OC)=C\CC2=C(NC1=C)OCCN2C.CC.CC.CCC1CCCCC1.CCc1ccc(OCC[NH-])[n-]1.[W+2]. The first kappa shape index (κ1) is 45.3. The average molecular weight is 811 g/mol. The second-order valence-corrected chi connectivity index (χ2v) is 10.2. The third-order valence-electron chi connectivity index (χ3n) is 7.18. The number of likely N-dealkylation sites (N-methyl/N-ethyl adjacent to an activating group) is 1. The fourth-order valence-corrected chi connectivity index (χ4v) is 4.63. The molecule has 46 heavy (non-hydrogen) atoms. The van der Waals surface area contributed by atoms with Crippen molar-refractivity contribution >= 4 is 0 Å². The fourth-order valence-electron chi connectivity index (χ4n) is 4.63. The van der Waals surface area contributed by atoms with Crippen LogP contribution in [0.25, 0.3) is 5.73 Å². The maximum atomic E-state index is 9.25. The monoisotopic (exact) mass is 810 g/mol.